The zero-order chi connectivity index (χ0) is 13.3. The van der Waals surface area contributed by atoms with Crippen molar-refractivity contribution in [2.45, 2.75) is 38.5 Å². The SMILES string of the molecule is OCCCC#CC#CCCC#CC#CCCCO. The molecule has 0 aliphatic carbocycles. The van der Waals surface area contributed by atoms with Crippen LogP contribution in [-0.2, 0) is 0 Å². The van der Waals surface area contributed by atoms with Gasteiger partial charge in [-0.25, -0.2) is 0 Å². The molecule has 2 N–H and O–H groups in total. The van der Waals surface area contributed by atoms with E-state index in [0.717, 1.165) is 0 Å². The molecule has 94 valence electrons. The summed E-state index contributed by atoms with van der Waals surface area (Å²) in [5, 5.41) is 17.0. The first-order valence-electron chi connectivity index (χ1n) is 6.05. The van der Waals surface area contributed by atoms with Crippen LogP contribution in [0.15, 0.2) is 0 Å². The summed E-state index contributed by atoms with van der Waals surface area (Å²) in [6.45, 7) is 0.355. The molecule has 0 saturated carbocycles. The third-order valence-corrected chi connectivity index (χ3v) is 1.77. The highest BCUT2D eigenvalue weighted by Gasteiger charge is 1.76. The van der Waals surface area contributed by atoms with Crippen LogP contribution in [0.25, 0.3) is 0 Å². The second-order valence-electron chi connectivity index (χ2n) is 3.36. The molecule has 18 heavy (non-hydrogen) atoms. The van der Waals surface area contributed by atoms with Gasteiger partial charge in [-0.2, -0.15) is 0 Å². The smallest absolute Gasteiger partial charge is 0.0440 e. The summed E-state index contributed by atoms with van der Waals surface area (Å²) in [6, 6.07) is 0. The molecule has 0 aliphatic rings. The maximum atomic E-state index is 8.52. The minimum Gasteiger partial charge on any atom is -0.396 e. The van der Waals surface area contributed by atoms with Crippen LogP contribution >= 0.6 is 0 Å². The van der Waals surface area contributed by atoms with Crippen LogP contribution in [0.3, 0.4) is 0 Å². The average molecular weight is 242 g/mol. The summed E-state index contributed by atoms with van der Waals surface area (Å²) >= 11 is 0. The van der Waals surface area contributed by atoms with E-state index >= 15 is 0 Å². The molecule has 0 saturated heterocycles. The average Bonchev–Trinajstić information content (AvgIpc) is 2.39. The van der Waals surface area contributed by atoms with Crippen molar-refractivity contribution >= 4 is 0 Å². The molecule has 0 aromatic carbocycles. The Hall–Kier alpha value is -1.84. The third-order valence-electron chi connectivity index (χ3n) is 1.77. The Morgan fingerprint density at radius 3 is 1.17 bits per heavy atom. The molecule has 0 fully saturated rings. The number of aliphatic hydroxyl groups is 2. The molecule has 0 spiro atoms. The van der Waals surface area contributed by atoms with Gasteiger partial charge in [-0.15, -0.1) is 0 Å². The maximum Gasteiger partial charge on any atom is 0.0440 e. The second kappa shape index (κ2) is 15.2. The van der Waals surface area contributed by atoms with Gasteiger partial charge >= 0.3 is 0 Å². The maximum absolute atomic E-state index is 8.52. The van der Waals surface area contributed by atoms with Crippen LogP contribution in [-0.4, -0.2) is 23.4 Å². The summed E-state index contributed by atoms with van der Waals surface area (Å²) in [5.74, 6) is 22.4. The van der Waals surface area contributed by atoms with Crippen LogP contribution in [0.4, 0.5) is 0 Å². The van der Waals surface area contributed by atoms with E-state index in [2.05, 4.69) is 47.4 Å². The Balaban J connectivity index is 3.59. The van der Waals surface area contributed by atoms with E-state index in [1.54, 1.807) is 0 Å². The number of rotatable bonds is 5. The van der Waals surface area contributed by atoms with Crippen LogP contribution in [0.1, 0.15) is 38.5 Å². The molecule has 0 radical (unpaired) electrons. The van der Waals surface area contributed by atoms with E-state index in [1.165, 1.54) is 0 Å². The lowest BCUT2D eigenvalue weighted by Gasteiger charge is -1.81. The molecule has 0 unspecified atom stereocenters. The number of hydrogen-bond acceptors (Lipinski definition) is 2. The minimum absolute atomic E-state index is 0.178. The van der Waals surface area contributed by atoms with Crippen LogP contribution in [0, 0.1) is 47.4 Å². The highest BCUT2D eigenvalue weighted by Crippen LogP contribution is 1.84. The number of aliphatic hydroxyl groups excluding tert-OH is 2. The third kappa shape index (κ3) is 14.2. The van der Waals surface area contributed by atoms with Gasteiger partial charge in [0.1, 0.15) is 0 Å². The lowest BCUT2D eigenvalue weighted by atomic mass is 10.3. The molecule has 0 aromatic heterocycles. The van der Waals surface area contributed by atoms with Gasteiger partial charge in [-0.05, 0) is 36.5 Å². The largest absolute Gasteiger partial charge is 0.396 e. The first-order chi connectivity index (χ1) is 8.91. The fraction of sp³-hybridized carbons (Fsp3) is 0.500. The Bertz CT molecular complexity index is 388. The van der Waals surface area contributed by atoms with Crippen molar-refractivity contribution in [1.29, 1.82) is 0 Å². The van der Waals surface area contributed by atoms with Crippen LogP contribution in [0.2, 0.25) is 0 Å². The van der Waals surface area contributed by atoms with E-state index in [-0.39, 0.29) is 13.2 Å². The zero-order valence-corrected chi connectivity index (χ0v) is 10.6. The van der Waals surface area contributed by atoms with Gasteiger partial charge in [-0.3, -0.25) is 0 Å². The normalized spacial score (nSPS) is 7.44. The molecule has 2 heteroatoms. The Morgan fingerprint density at radius 2 is 0.833 bits per heavy atom. The van der Waals surface area contributed by atoms with Gasteiger partial charge < -0.3 is 10.2 Å². The lowest BCUT2D eigenvalue weighted by molar-refractivity contribution is 0.290. The molecular formula is C16H18O2. The van der Waals surface area contributed by atoms with Gasteiger partial charge in [0.25, 0.3) is 0 Å². The zero-order valence-electron chi connectivity index (χ0n) is 10.6. The van der Waals surface area contributed by atoms with Gasteiger partial charge in [0.2, 0.25) is 0 Å². The van der Waals surface area contributed by atoms with E-state index in [1.807, 2.05) is 0 Å². The van der Waals surface area contributed by atoms with Gasteiger partial charge in [0.05, 0.1) is 0 Å². The highest BCUT2D eigenvalue weighted by molar-refractivity contribution is 5.28. The Kier molecular flexibility index (Phi) is 13.6. The van der Waals surface area contributed by atoms with Gasteiger partial charge in [-0.1, -0.05) is 23.7 Å². The number of hydrogen-bond donors (Lipinski definition) is 2. The Morgan fingerprint density at radius 1 is 0.500 bits per heavy atom. The van der Waals surface area contributed by atoms with Crippen molar-refractivity contribution in [3.05, 3.63) is 0 Å². The van der Waals surface area contributed by atoms with Crippen molar-refractivity contribution in [2.75, 3.05) is 13.2 Å². The van der Waals surface area contributed by atoms with Crippen molar-refractivity contribution in [3.8, 4) is 47.4 Å². The molecule has 2 nitrogen and oxygen atoms in total. The first kappa shape index (κ1) is 16.2. The topological polar surface area (TPSA) is 40.5 Å². The second-order valence-corrected chi connectivity index (χ2v) is 3.36. The van der Waals surface area contributed by atoms with E-state index in [9.17, 15) is 0 Å². The molecule has 0 bridgehead atoms. The summed E-state index contributed by atoms with van der Waals surface area (Å²) in [4.78, 5) is 0. The van der Waals surface area contributed by atoms with Crippen molar-refractivity contribution in [2.24, 2.45) is 0 Å². The van der Waals surface area contributed by atoms with Gasteiger partial charge in [0.15, 0.2) is 0 Å². The van der Waals surface area contributed by atoms with Crippen LogP contribution < -0.4 is 0 Å². The fourth-order valence-electron chi connectivity index (χ4n) is 0.887. The molecular weight excluding hydrogens is 224 g/mol. The molecule has 0 amide bonds. The lowest BCUT2D eigenvalue weighted by Crippen LogP contribution is -1.78. The predicted octanol–water partition coefficient (Wildman–Crippen LogP) is 1.33. The van der Waals surface area contributed by atoms with E-state index < -0.39 is 0 Å². The molecule has 0 aliphatic heterocycles. The van der Waals surface area contributed by atoms with Crippen molar-refractivity contribution < 1.29 is 10.2 Å². The Labute approximate surface area is 110 Å². The standard InChI is InChI=1S/C16H18O2/c17-15-13-11-9-7-5-3-1-2-4-6-8-10-12-14-16-18/h17-18H,1-2,11-16H2. The summed E-state index contributed by atoms with van der Waals surface area (Å²) in [6.07, 6.45) is 4.17. The molecule has 0 rings (SSSR count). The van der Waals surface area contributed by atoms with Crippen molar-refractivity contribution in [3.63, 3.8) is 0 Å². The fourth-order valence-corrected chi connectivity index (χ4v) is 0.887. The van der Waals surface area contributed by atoms with E-state index in [4.69, 9.17) is 10.2 Å². The predicted molar refractivity (Wildman–Crippen MR) is 73.0 cm³/mol. The van der Waals surface area contributed by atoms with E-state index in [0.29, 0.717) is 38.5 Å². The van der Waals surface area contributed by atoms with Crippen molar-refractivity contribution in [1.82, 2.24) is 0 Å². The first-order valence-corrected chi connectivity index (χ1v) is 6.05. The van der Waals surface area contributed by atoms with Gasteiger partial charge in [0, 0.05) is 38.9 Å². The molecule has 0 heterocycles. The summed E-state index contributed by atoms with van der Waals surface area (Å²) in [5.41, 5.74) is 0. The monoisotopic (exact) mass is 242 g/mol. The minimum atomic E-state index is 0.178. The quantitative estimate of drug-likeness (QED) is 0.564. The molecule has 0 aromatic rings. The summed E-state index contributed by atoms with van der Waals surface area (Å²) in [7, 11) is 0. The summed E-state index contributed by atoms with van der Waals surface area (Å²) < 4.78 is 0. The highest BCUT2D eigenvalue weighted by atomic mass is 16.3. The van der Waals surface area contributed by atoms with Crippen LogP contribution in [0.5, 0.6) is 0 Å². The molecule has 0 atom stereocenters. The number of unbranched alkanes of at least 4 members (excludes halogenated alkanes) is 3.